The van der Waals surface area contributed by atoms with Gasteiger partial charge >= 0.3 is 5.97 Å². The number of nitrogens with one attached hydrogen (secondary N) is 2. The number of amides is 1. The van der Waals surface area contributed by atoms with Crippen LogP contribution in [-0.2, 0) is 9.53 Å². The van der Waals surface area contributed by atoms with E-state index in [2.05, 4.69) is 10.6 Å². The molecule has 28 heavy (non-hydrogen) atoms. The Labute approximate surface area is 179 Å². The number of carbonyl (C=O) groups is 2. The molecule has 0 bridgehead atoms. The van der Waals surface area contributed by atoms with Crippen molar-refractivity contribution in [3.05, 3.63) is 40.2 Å². The Morgan fingerprint density at radius 2 is 1.86 bits per heavy atom. The molecule has 0 aliphatic heterocycles. The molecule has 0 saturated heterocycles. The van der Waals surface area contributed by atoms with E-state index in [9.17, 15) is 9.59 Å². The first kappa shape index (κ1) is 22.3. The van der Waals surface area contributed by atoms with Gasteiger partial charge in [0, 0.05) is 22.4 Å². The van der Waals surface area contributed by atoms with E-state index in [1.165, 1.54) is 11.3 Å². The van der Waals surface area contributed by atoms with Crippen molar-refractivity contribution >= 4 is 57.1 Å². The first-order valence-corrected chi connectivity index (χ1v) is 10.4. The SMILES string of the molecule is CCOC(=O)c1c(-c2ccc(Cl)cc2)csc1NC(=S)NC(=O)CC(C)(C)C. The predicted octanol–water partition coefficient (Wildman–Crippen LogP) is 5.49. The number of esters is 1. The van der Waals surface area contributed by atoms with E-state index in [-0.39, 0.29) is 23.0 Å². The number of benzene rings is 1. The Balaban J connectivity index is 2.26. The predicted molar refractivity (Wildman–Crippen MR) is 119 cm³/mol. The number of hydrogen-bond acceptors (Lipinski definition) is 5. The molecule has 1 heterocycles. The summed E-state index contributed by atoms with van der Waals surface area (Å²) in [5.74, 6) is -0.641. The maximum atomic E-state index is 12.6. The van der Waals surface area contributed by atoms with Gasteiger partial charge in [0.15, 0.2) is 5.11 Å². The maximum absolute atomic E-state index is 12.6. The number of ether oxygens (including phenoxy) is 1. The highest BCUT2D eigenvalue weighted by Gasteiger charge is 2.23. The molecule has 0 radical (unpaired) electrons. The number of rotatable bonds is 5. The molecule has 0 aliphatic carbocycles. The second-order valence-corrected chi connectivity index (χ2v) is 9.04. The van der Waals surface area contributed by atoms with Crippen molar-refractivity contribution < 1.29 is 14.3 Å². The van der Waals surface area contributed by atoms with Crippen molar-refractivity contribution in [2.75, 3.05) is 11.9 Å². The van der Waals surface area contributed by atoms with E-state index < -0.39 is 5.97 Å². The molecule has 0 fully saturated rings. The minimum atomic E-state index is -0.458. The molecule has 150 valence electrons. The topological polar surface area (TPSA) is 67.4 Å². The molecular formula is C20H23ClN2O3S2. The molecule has 2 rings (SSSR count). The van der Waals surface area contributed by atoms with Crippen LogP contribution in [0.2, 0.25) is 5.02 Å². The second-order valence-electron chi connectivity index (χ2n) is 7.32. The summed E-state index contributed by atoms with van der Waals surface area (Å²) in [4.78, 5) is 24.7. The third-order valence-electron chi connectivity index (χ3n) is 3.60. The summed E-state index contributed by atoms with van der Waals surface area (Å²) in [5.41, 5.74) is 1.77. The van der Waals surface area contributed by atoms with Crippen LogP contribution in [0.4, 0.5) is 5.00 Å². The standard InChI is InChI=1S/C20H23ClN2O3S2/c1-5-26-18(25)16-14(12-6-8-13(21)9-7-12)11-28-17(16)23-19(27)22-15(24)10-20(2,3)4/h6-9,11H,5,10H2,1-4H3,(H2,22,23,24,27). The summed E-state index contributed by atoms with van der Waals surface area (Å²) in [6, 6.07) is 7.18. The van der Waals surface area contributed by atoms with Crippen LogP contribution >= 0.6 is 35.2 Å². The average molecular weight is 439 g/mol. The van der Waals surface area contributed by atoms with Gasteiger partial charge in [0.1, 0.15) is 10.6 Å². The molecule has 1 amide bonds. The van der Waals surface area contributed by atoms with Gasteiger partial charge in [-0.05, 0) is 42.3 Å². The van der Waals surface area contributed by atoms with Gasteiger partial charge in [-0.15, -0.1) is 11.3 Å². The third-order valence-corrected chi connectivity index (χ3v) is 4.95. The van der Waals surface area contributed by atoms with E-state index in [0.29, 0.717) is 27.6 Å². The Hall–Kier alpha value is -1.96. The minimum Gasteiger partial charge on any atom is -0.462 e. The molecule has 0 spiro atoms. The Bertz CT molecular complexity index is 871. The van der Waals surface area contributed by atoms with Crippen molar-refractivity contribution in [3.8, 4) is 11.1 Å². The lowest BCUT2D eigenvalue weighted by molar-refractivity contribution is -0.121. The Morgan fingerprint density at radius 1 is 1.21 bits per heavy atom. The highest BCUT2D eigenvalue weighted by atomic mass is 35.5. The summed E-state index contributed by atoms with van der Waals surface area (Å²) < 4.78 is 5.21. The van der Waals surface area contributed by atoms with Crippen LogP contribution in [0.1, 0.15) is 44.5 Å². The molecule has 1 aromatic heterocycles. The number of hydrogen-bond donors (Lipinski definition) is 2. The summed E-state index contributed by atoms with van der Waals surface area (Å²) in [6.45, 7) is 7.91. The third kappa shape index (κ3) is 6.29. The Morgan fingerprint density at radius 3 is 2.43 bits per heavy atom. The van der Waals surface area contributed by atoms with Gasteiger partial charge in [-0.2, -0.15) is 0 Å². The molecule has 8 heteroatoms. The van der Waals surface area contributed by atoms with Gasteiger partial charge in [-0.1, -0.05) is 44.5 Å². The van der Waals surface area contributed by atoms with Crippen molar-refractivity contribution in [2.24, 2.45) is 5.41 Å². The molecular weight excluding hydrogens is 416 g/mol. The summed E-state index contributed by atoms with van der Waals surface area (Å²) in [5, 5.41) is 8.73. The van der Waals surface area contributed by atoms with Crippen molar-refractivity contribution in [3.63, 3.8) is 0 Å². The van der Waals surface area contributed by atoms with Gasteiger partial charge in [-0.25, -0.2) is 4.79 Å². The van der Waals surface area contributed by atoms with E-state index in [1.54, 1.807) is 19.1 Å². The summed E-state index contributed by atoms with van der Waals surface area (Å²) in [6.07, 6.45) is 0.333. The monoisotopic (exact) mass is 438 g/mol. The van der Waals surface area contributed by atoms with E-state index in [0.717, 1.165) is 5.56 Å². The molecule has 2 aromatic rings. The fraction of sp³-hybridized carbons (Fsp3) is 0.350. The normalized spacial score (nSPS) is 11.0. The zero-order valence-electron chi connectivity index (χ0n) is 16.2. The van der Waals surface area contributed by atoms with Gasteiger partial charge in [0.25, 0.3) is 0 Å². The average Bonchev–Trinajstić information content (AvgIpc) is 2.97. The molecule has 0 atom stereocenters. The van der Waals surface area contributed by atoms with Crippen LogP contribution in [0.5, 0.6) is 0 Å². The second kappa shape index (κ2) is 9.49. The van der Waals surface area contributed by atoms with Gasteiger partial charge in [-0.3, -0.25) is 4.79 Å². The van der Waals surface area contributed by atoms with Gasteiger partial charge < -0.3 is 15.4 Å². The lowest BCUT2D eigenvalue weighted by atomic mass is 9.92. The summed E-state index contributed by atoms with van der Waals surface area (Å²) >= 11 is 12.5. The zero-order chi connectivity index (χ0) is 20.9. The van der Waals surface area contributed by atoms with Crippen LogP contribution in [0.25, 0.3) is 11.1 Å². The highest BCUT2D eigenvalue weighted by molar-refractivity contribution is 7.80. The van der Waals surface area contributed by atoms with Gasteiger partial charge in [0.2, 0.25) is 5.91 Å². The highest BCUT2D eigenvalue weighted by Crippen LogP contribution is 2.36. The van der Waals surface area contributed by atoms with Crippen LogP contribution in [-0.4, -0.2) is 23.6 Å². The largest absolute Gasteiger partial charge is 0.462 e. The fourth-order valence-corrected chi connectivity index (χ4v) is 3.85. The maximum Gasteiger partial charge on any atom is 0.341 e. The lowest BCUT2D eigenvalue weighted by Crippen LogP contribution is -2.36. The molecule has 5 nitrogen and oxygen atoms in total. The van der Waals surface area contributed by atoms with E-state index >= 15 is 0 Å². The number of thiophene rings is 1. The Kier molecular flexibility index (Phi) is 7.57. The van der Waals surface area contributed by atoms with Crippen LogP contribution in [0.15, 0.2) is 29.6 Å². The first-order valence-electron chi connectivity index (χ1n) is 8.76. The zero-order valence-corrected chi connectivity index (χ0v) is 18.6. The molecule has 0 unspecified atom stereocenters. The summed E-state index contributed by atoms with van der Waals surface area (Å²) in [7, 11) is 0. The van der Waals surface area contributed by atoms with Crippen molar-refractivity contribution in [1.29, 1.82) is 0 Å². The van der Waals surface area contributed by atoms with Crippen LogP contribution in [0.3, 0.4) is 0 Å². The first-order chi connectivity index (χ1) is 13.1. The van der Waals surface area contributed by atoms with Crippen molar-refractivity contribution in [1.82, 2.24) is 5.32 Å². The van der Waals surface area contributed by atoms with Crippen LogP contribution in [0, 0.1) is 5.41 Å². The number of anilines is 1. The molecule has 0 aliphatic rings. The van der Waals surface area contributed by atoms with Crippen molar-refractivity contribution in [2.45, 2.75) is 34.1 Å². The van der Waals surface area contributed by atoms with E-state index in [4.69, 9.17) is 28.6 Å². The number of halogens is 1. The van der Waals surface area contributed by atoms with Gasteiger partial charge in [0.05, 0.1) is 6.61 Å². The molecule has 1 aromatic carbocycles. The quantitative estimate of drug-likeness (QED) is 0.477. The number of carbonyl (C=O) groups excluding carboxylic acids is 2. The lowest BCUT2D eigenvalue weighted by Gasteiger charge is -2.17. The fourth-order valence-electron chi connectivity index (χ4n) is 2.48. The van der Waals surface area contributed by atoms with Crippen LogP contribution < -0.4 is 10.6 Å². The molecule has 2 N–H and O–H groups in total. The minimum absolute atomic E-state index is 0.143. The number of thiocarbonyl (C=S) groups is 1. The van der Waals surface area contributed by atoms with E-state index in [1.807, 2.05) is 38.3 Å². The molecule has 0 saturated carbocycles. The smallest absolute Gasteiger partial charge is 0.341 e.